The van der Waals surface area contributed by atoms with Gasteiger partial charge in [-0.05, 0) is 18.6 Å². The van der Waals surface area contributed by atoms with E-state index in [9.17, 15) is 0 Å². The number of hydrogen-bond acceptors (Lipinski definition) is 6. The van der Waals surface area contributed by atoms with Crippen molar-refractivity contribution in [1.82, 2.24) is 19.9 Å². The minimum Gasteiger partial charge on any atom is -0.378 e. The summed E-state index contributed by atoms with van der Waals surface area (Å²) in [7, 11) is 0. The zero-order valence-corrected chi connectivity index (χ0v) is 14.8. The van der Waals surface area contributed by atoms with Crippen molar-refractivity contribution >= 4 is 0 Å². The fourth-order valence-electron chi connectivity index (χ4n) is 3.94. The lowest BCUT2D eigenvalue weighted by molar-refractivity contribution is -0.0844. The van der Waals surface area contributed by atoms with Crippen LogP contribution in [0.2, 0.25) is 0 Å². The molecule has 0 bridgehead atoms. The van der Waals surface area contributed by atoms with E-state index >= 15 is 0 Å². The zero-order valence-electron chi connectivity index (χ0n) is 14.8. The molecular formula is C19H26N4O2. The summed E-state index contributed by atoms with van der Waals surface area (Å²) in [6.45, 7) is 7.86. The molecule has 4 rings (SSSR count). The molecule has 2 aromatic rings. The smallest absolute Gasteiger partial charge is 0.257 e. The first kappa shape index (κ1) is 16.7. The standard InChI is InChI=1S/C19H26N4O2/c1-2-6-16-13-24-14-17-11-22(9-10-23(16)17)12-18-20-19(25-21-18)15-7-4-3-5-8-15/h3-5,7-8,16-17H,2,6,9-14H2,1H3/t16-,17+/m0/s1. The molecule has 0 N–H and O–H groups in total. The van der Waals surface area contributed by atoms with Gasteiger partial charge in [0.2, 0.25) is 0 Å². The Morgan fingerprint density at radius 1 is 1.16 bits per heavy atom. The molecule has 3 heterocycles. The van der Waals surface area contributed by atoms with Gasteiger partial charge in [-0.3, -0.25) is 9.80 Å². The van der Waals surface area contributed by atoms with E-state index in [1.807, 2.05) is 30.3 Å². The quantitative estimate of drug-likeness (QED) is 0.832. The van der Waals surface area contributed by atoms with E-state index in [0.29, 0.717) is 18.0 Å². The lowest BCUT2D eigenvalue weighted by Gasteiger charge is -2.47. The highest BCUT2D eigenvalue weighted by Crippen LogP contribution is 2.23. The topological polar surface area (TPSA) is 54.6 Å². The first-order chi connectivity index (χ1) is 12.3. The van der Waals surface area contributed by atoms with Crippen LogP contribution in [-0.2, 0) is 11.3 Å². The Morgan fingerprint density at radius 3 is 2.88 bits per heavy atom. The van der Waals surface area contributed by atoms with Crippen molar-refractivity contribution in [3.8, 4) is 11.5 Å². The number of hydrogen-bond donors (Lipinski definition) is 0. The fourth-order valence-corrected chi connectivity index (χ4v) is 3.94. The van der Waals surface area contributed by atoms with Crippen molar-refractivity contribution in [2.45, 2.75) is 38.4 Å². The monoisotopic (exact) mass is 342 g/mol. The molecule has 0 aliphatic carbocycles. The molecule has 25 heavy (non-hydrogen) atoms. The third kappa shape index (κ3) is 3.76. The number of piperazine rings is 1. The van der Waals surface area contributed by atoms with Crippen molar-refractivity contribution in [3.63, 3.8) is 0 Å². The molecule has 6 heteroatoms. The number of fused-ring (bicyclic) bond motifs is 1. The third-order valence-electron chi connectivity index (χ3n) is 5.18. The number of nitrogens with zero attached hydrogens (tertiary/aromatic N) is 4. The van der Waals surface area contributed by atoms with Crippen LogP contribution in [0.25, 0.3) is 11.5 Å². The third-order valence-corrected chi connectivity index (χ3v) is 5.18. The summed E-state index contributed by atoms with van der Waals surface area (Å²) in [5, 5.41) is 4.16. The van der Waals surface area contributed by atoms with Crippen LogP contribution in [0.4, 0.5) is 0 Å². The van der Waals surface area contributed by atoms with Crippen LogP contribution in [0.3, 0.4) is 0 Å². The van der Waals surface area contributed by atoms with Gasteiger partial charge in [0.15, 0.2) is 5.82 Å². The average molecular weight is 342 g/mol. The number of ether oxygens (including phenoxy) is 1. The van der Waals surface area contributed by atoms with Crippen molar-refractivity contribution in [1.29, 1.82) is 0 Å². The Labute approximate surface area is 148 Å². The second-order valence-electron chi connectivity index (χ2n) is 6.99. The normalized spacial score (nSPS) is 25.0. The summed E-state index contributed by atoms with van der Waals surface area (Å²) in [4.78, 5) is 9.62. The predicted octanol–water partition coefficient (Wildman–Crippen LogP) is 2.42. The molecular weight excluding hydrogens is 316 g/mol. The summed E-state index contributed by atoms with van der Waals surface area (Å²) in [6, 6.07) is 11.0. The van der Waals surface area contributed by atoms with Crippen LogP contribution in [0.5, 0.6) is 0 Å². The zero-order chi connectivity index (χ0) is 17.1. The maximum Gasteiger partial charge on any atom is 0.257 e. The van der Waals surface area contributed by atoms with E-state index in [1.165, 1.54) is 12.8 Å². The summed E-state index contributed by atoms with van der Waals surface area (Å²) in [5.74, 6) is 1.35. The second kappa shape index (κ2) is 7.64. The molecule has 2 fully saturated rings. The van der Waals surface area contributed by atoms with Gasteiger partial charge in [-0.2, -0.15) is 4.98 Å². The van der Waals surface area contributed by atoms with Crippen molar-refractivity contribution in [3.05, 3.63) is 36.2 Å². The van der Waals surface area contributed by atoms with Crippen molar-refractivity contribution in [2.24, 2.45) is 0 Å². The second-order valence-corrected chi connectivity index (χ2v) is 6.99. The molecule has 0 spiro atoms. The highest BCUT2D eigenvalue weighted by atomic mass is 16.5. The first-order valence-corrected chi connectivity index (χ1v) is 9.27. The number of morpholine rings is 1. The Bertz CT molecular complexity index is 673. The molecule has 2 saturated heterocycles. The average Bonchev–Trinajstić information content (AvgIpc) is 3.11. The van der Waals surface area contributed by atoms with Gasteiger partial charge in [0.25, 0.3) is 5.89 Å². The van der Waals surface area contributed by atoms with Gasteiger partial charge in [-0.25, -0.2) is 0 Å². The van der Waals surface area contributed by atoms with Crippen LogP contribution in [0.1, 0.15) is 25.6 Å². The molecule has 0 amide bonds. The van der Waals surface area contributed by atoms with E-state index in [2.05, 4.69) is 26.9 Å². The van der Waals surface area contributed by atoms with Gasteiger partial charge in [0.1, 0.15) is 0 Å². The number of aromatic nitrogens is 2. The highest BCUT2D eigenvalue weighted by Gasteiger charge is 2.35. The molecule has 0 radical (unpaired) electrons. The largest absolute Gasteiger partial charge is 0.378 e. The minimum absolute atomic E-state index is 0.486. The Kier molecular flexibility index (Phi) is 5.10. The van der Waals surface area contributed by atoms with E-state index < -0.39 is 0 Å². The molecule has 1 aromatic carbocycles. The summed E-state index contributed by atoms with van der Waals surface area (Å²) in [5.41, 5.74) is 0.967. The molecule has 0 saturated carbocycles. The SMILES string of the molecule is CCC[C@H]1COC[C@H]2CN(Cc3noc(-c4ccccc4)n3)CCN12. The molecule has 2 aliphatic heterocycles. The molecule has 2 atom stereocenters. The Morgan fingerprint density at radius 2 is 2.04 bits per heavy atom. The summed E-state index contributed by atoms with van der Waals surface area (Å²) < 4.78 is 11.3. The lowest BCUT2D eigenvalue weighted by Crippen LogP contribution is -2.61. The molecule has 6 nitrogen and oxygen atoms in total. The van der Waals surface area contributed by atoms with Crippen molar-refractivity contribution in [2.75, 3.05) is 32.8 Å². The minimum atomic E-state index is 0.486. The van der Waals surface area contributed by atoms with Crippen LogP contribution in [0.15, 0.2) is 34.9 Å². The molecule has 0 unspecified atom stereocenters. The molecule has 1 aromatic heterocycles. The van der Waals surface area contributed by atoms with Gasteiger partial charge >= 0.3 is 0 Å². The lowest BCUT2D eigenvalue weighted by atomic mass is 10.0. The van der Waals surface area contributed by atoms with Crippen LogP contribution in [-0.4, -0.2) is 64.9 Å². The molecule has 2 aliphatic rings. The first-order valence-electron chi connectivity index (χ1n) is 9.27. The number of rotatable bonds is 5. The van der Waals surface area contributed by atoms with E-state index in [-0.39, 0.29) is 0 Å². The van der Waals surface area contributed by atoms with Gasteiger partial charge in [-0.15, -0.1) is 0 Å². The highest BCUT2D eigenvalue weighted by molar-refractivity contribution is 5.51. The van der Waals surface area contributed by atoms with Gasteiger partial charge in [0, 0.05) is 37.3 Å². The van der Waals surface area contributed by atoms with E-state index in [0.717, 1.165) is 50.8 Å². The van der Waals surface area contributed by atoms with Gasteiger partial charge < -0.3 is 9.26 Å². The van der Waals surface area contributed by atoms with Gasteiger partial charge in [-0.1, -0.05) is 36.7 Å². The predicted molar refractivity (Wildman–Crippen MR) is 95.0 cm³/mol. The van der Waals surface area contributed by atoms with Gasteiger partial charge in [0.05, 0.1) is 19.8 Å². The number of benzene rings is 1. The summed E-state index contributed by atoms with van der Waals surface area (Å²) >= 11 is 0. The maximum atomic E-state index is 5.85. The fraction of sp³-hybridized carbons (Fsp3) is 0.579. The van der Waals surface area contributed by atoms with E-state index in [4.69, 9.17) is 9.26 Å². The molecule has 134 valence electrons. The van der Waals surface area contributed by atoms with E-state index in [1.54, 1.807) is 0 Å². The van der Waals surface area contributed by atoms with Crippen LogP contribution >= 0.6 is 0 Å². The maximum absolute atomic E-state index is 5.85. The Hall–Kier alpha value is -1.76. The summed E-state index contributed by atoms with van der Waals surface area (Å²) in [6.07, 6.45) is 2.44. The van der Waals surface area contributed by atoms with Crippen LogP contribution < -0.4 is 0 Å². The van der Waals surface area contributed by atoms with Crippen molar-refractivity contribution < 1.29 is 9.26 Å². The Balaban J connectivity index is 1.37. The van der Waals surface area contributed by atoms with Crippen LogP contribution in [0, 0.1) is 0 Å².